The number of thiophene rings is 1. The van der Waals surface area contributed by atoms with Gasteiger partial charge in [0.05, 0.1) is 3.79 Å². The second kappa shape index (κ2) is 5.19. The Labute approximate surface area is 111 Å². The third kappa shape index (κ3) is 2.69. The van der Waals surface area contributed by atoms with Crippen LogP contribution in [0.5, 0.6) is 0 Å². The zero-order valence-electron chi connectivity index (χ0n) is 10.2. The molecular formula is C13H20BrNS. The first-order chi connectivity index (χ1) is 7.58. The predicted octanol–water partition coefficient (Wildman–Crippen LogP) is 4.60. The first kappa shape index (κ1) is 12.6. The summed E-state index contributed by atoms with van der Waals surface area (Å²) in [6.45, 7) is 7.03. The van der Waals surface area contributed by atoms with E-state index in [0.29, 0.717) is 12.1 Å². The van der Waals surface area contributed by atoms with Crippen LogP contribution >= 0.6 is 27.3 Å². The van der Waals surface area contributed by atoms with E-state index in [1.165, 1.54) is 21.5 Å². The van der Waals surface area contributed by atoms with Crippen molar-refractivity contribution in [3.8, 4) is 0 Å². The van der Waals surface area contributed by atoms with E-state index in [1.807, 2.05) is 11.3 Å². The number of hydrogen-bond acceptors (Lipinski definition) is 2. The van der Waals surface area contributed by atoms with Gasteiger partial charge < -0.3 is 5.32 Å². The topological polar surface area (TPSA) is 12.0 Å². The number of halogens is 1. The Kier molecular flexibility index (Phi) is 4.09. The summed E-state index contributed by atoms with van der Waals surface area (Å²) in [5.41, 5.74) is 0. The number of hydrogen-bond donors (Lipinski definition) is 1. The summed E-state index contributed by atoms with van der Waals surface area (Å²) in [7, 11) is 0. The second-order valence-electron chi connectivity index (χ2n) is 5.05. The molecule has 1 saturated carbocycles. The molecule has 1 aliphatic carbocycles. The first-order valence-corrected chi connectivity index (χ1v) is 7.70. The summed E-state index contributed by atoms with van der Waals surface area (Å²) < 4.78 is 1.23. The molecule has 16 heavy (non-hydrogen) atoms. The van der Waals surface area contributed by atoms with Gasteiger partial charge in [0.15, 0.2) is 0 Å². The predicted molar refractivity (Wildman–Crippen MR) is 74.9 cm³/mol. The highest BCUT2D eigenvalue weighted by atomic mass is 79.9. The van der Waals surface area contributed by atoms with Crippen molar-refractivity contribution in [1.82, 2.24) is 5.32 Å². The highest BCUT2D eigenvalue weighted by Crippen LogP contribution is 2.34. The summed E-state index contributed by atoms with van der Waals surface area (Å²) >= 11 is 5.36. The number of nitrogens with one attached hydrogen (secondary N) is 1. The van der Waals surface area contributed by atoms with Crippen LogP contribution in [0.25, 0.3) is 0 Å². The lowest BCUT2D eigenvalue weighted by Crippen LogP contribution is -2.34. The molecule has 4 unspecified atom stereocenters. The smallest absolute Gasteiger partial charge is 0.0701 e. The lowest BCUT2D eigenvalue weighted by Gasteiger charge is -2.23. The van der Waals surface area contributed by atoms with Crippen LogP contribution in [0.4, 0.5) is 0 Å². The molecule has 1 N–H and O–H groups in total. The SMILES string of the molecule is CC(NC1CCC(C)C1C)c1ccc(Br)s1. The van der Waals surface area contributed by atoms with Crippen LogP contribution in [0.15, 0.2) is 15.9 Å². The monoisotopic (exact) mass is 301 g/mol. The molecule has 4 atom stereocenters. The van der Waals surface area contributed by atoms with Gasteiger partial charge in [0.25, 0.3) is 0 Å². The van der Waals surface area contributed by atoms with Gasteiger partial charge in [0.1, 0.15) is 0 Å². The van der Waals surface area contributed by atoms with E-state index >= 15 is 0 Å². The second-order valence-corrected chi connectivity index (χ2v) is 7.55. The lowest BCUT2D eigenvalue weighted by molar-refractivity contribution is 0.348. The molecule has 1 nitrogen and oxygen atoms in total. The lowest BCUT2D eigenvalue weighted by atomic mass is 9.97. The van der Waals surface area contributed by atoms with Crippen molar-refractivity contribution in [3.63, 3.8) is 0 Å². The van der Waals surface area contributed by atoms with Gasteiger partial charge >= 0.3 is 0 Å². The van der Waals surface area contributed by atoms with E-state index in [4.69, 9.17) is 0 Å². The van der Waals surface area contributed by atoms with E-state index in [-0.39, 0.29) is 0 Å². The van der Waals surface area contributed by atoms with Crippen LogP contribution in [0, 0.1) is 11.8 Å². The maximum absolute atomic E-state index is 3.78. The fourth-order valence-electron chi connectivity index (χ4n) is 2.56. The minimum Gasteiger partial charge on any atom is -0.306 e. The van der Waals surface area contributed by atoms with Crippen molar-refractivity contribution < 1.29 is 0 Å². The minimum atomic E-state index is 0.481. The molecule has 0 spiro atoms. The van der Waals surface area contributed by atoms with Crippen LogP contribution in [0.2, 0.25) is 0 Å². The van der Waals surface area contributed by atoms with Crippen molar-refractivity contribution in [2.45, 2.75) is 45.7 Å². The Hall–Kier alpha value is 0.140. The first-order valence-electron chi connectivity index (χ1n) is 6.09. The number of rotatable bonds is 3. The quantitative estimate of drug-likeness (QED) is 0.860. The molecule has 1 aliphatic rings. The van der Waals surface area contributed by atoms with E-state index in [2.05, 4.69) is 54.2 Å². The molecule has 2 rings (SSSR count). The Morgan fingerprint density at radius 2 is 2.12 bits per heavy atom. The average molecular weight is 302 g/mol. The Bertz CT molecular complexity index is 349. The minimum absolute atomic E-state index is 0.481. The maximum atomic E-state index is 3.78. The van der Waals surface area contributed by atoms with Gasteiger partial charge in [-0.05, 0) is 59.7 Å². The summed E-state index contributed by atoms with van der Waals surface area (Å²) in [6, 6.07) is 5.54. The Morgan fingerprint density at radius 1 is 1.38 bits per heavy atom. The van der Waals surface area contributed by atoms with Crippen LogP contribution in [-0.2, 0) is 0 Å². The van der Waals surface area contributed by atoms with Gasteiger partial charge in [0, 0.05) is 17.0 Å². The van der Waals surface area contributed by atoms with Crippen LogP contribution in [0.1, 0.15) is 44.5 Å². The molecular weight excluding hydrogens is 282 g/mol. The van der Waals surface area contributed by atoms with Crippen molar-refractivity contribution in [2.24, 2.45) is 11.8 Å². The maximum Gasteiger partial charge on any atom is 0.0701 e. The van der Waals surface area contributed by atoms with E-state index in [1.54, 1.807) is 0 Å². The molecule has 1 fully saturated rings. The summed E-state index contributed by atoms with van der Waals surface area (Å²) in [6.07, 6.45) is 2.71. The molecule has 0 saturated heterocycles. The summed E-state index contributed by atoms with van der Waals surface area (Å²) in [5, 5.41) is 3.78. The Morgan fingerprint density at radius 3 is 2.62 bits per heavy atom. The zero-order valence-corrected chi connectivity index (χ0v) is 12.6. The van der Waals surface area contributed by atoms with Crippen LogP contribution in [-0.4, -0.2) is 6.04 Å². The Balaban J connectivity index is 1.95. The van der Waals surface area contributed by atoms with Gasteiger partial charge in [-0.1, -0.05) is 13.8 Å². The molecule has 0 aliphatic heterocycles. The van der Waals surface area contributed by atoms with Crippen molar-refractivity contribution >= 4 is 27.3 Å². The average Bonchev–Trinajstić information content (AvgIpc) is 2.79. The third-order valence-corrected chi connectivity index (χ3v) is 5.76. The molecule has 0 amide bonds. The van der Waals surface area contributed by atoms with Crippen LogP contribution < -0.4 is 5.32 Å². The molecule has 1 heterocycles. The highest BCUT2D eigenvalue weighted by Gasteiger charge is 2.30. The highest BCUT2D eigenvalue weighted by molar-refractivity contribution is 9.11. The van der Waals surface area contributed by atoms with Crippen molar-refractivity contribution in [3.05, 3.63) is 20.8 Å². The van der Waals surface area contributed by atoms with Gasteiger partial charge in [-0.15, -0.1) is 11.3 Å². The molecule has 1 aromatic heterocycles. The van der Waals surface area contributed by atoms with Crippen molar-refractivity contribution in [1.29, 1.82) is 0 Å². The normalized spacial score (nSPS) is 31.9. The largest absolute Gasteiger partial charge is 0.306 e. The van der Waals surface area contributed by atoms with Gasteiger partial charge in [-0.3, -0.25) is 0 Å². The van der Waals surface area contributed by atoms with Gasteiger partial charge in [-0.2, -0.15) is 0 Å². The molecule has 0 bridgehead atoms. The fraction of sp³-hybridized carbons (Fsp3) is 0.692. The van der Waals surface area contributed by atoms with E-state index in [9.17, 15) is 0 Å². The standard InChI is InChI=1S/C13H20BrNS/c1-8-4-5-11(9(8)2)15-10(3)12-6-7-13(14)16-12/h6-11,15H,4-5H2,1-3H3. The van der Waals surface area contributed by atoms with Gasteiger partial charge in [0.2, 0.25) is 0 Å². The van der Waals surface area contributed by atoms with E-state index in [0.717, 1.165) is 11.8 Å². The zero-order chi connectivity index (χ0) is 11.7. The molecule has 1 aromatic rings. The summed E-state index contributed by atoms with van der Waals surface area (Å²) in [5.74, 6) is 1.69. The molecule has 0 radical (unpaired) electrons. The fourth-order valence-corrected chi connectivity index (χ4v) is 4.00. The van der Waals surface area contributed by atoms with Gasteiger partial charge in [-0.25, -0.2) is 0 Å². The van der Waals surface area contributed by atoms with Crippen LogP contribution in [0.3, 0.4) is 0 Å². The third-order valence-electron chi connectivity index (χ3n) is 3.95. The molecule has 90 valence electrons. The summed E-state index contributed by atoms with van der Waals surface area (Å²) in [4.78, 5) is 1.43. The molecule has 3 heteroatoms. The van der Waals surface area contributed by atoms with Crippen molar-refractivity contribution in [2.75, 3.05) is 0 Å². The molecule has 0 aromatic carbocycles. The van der Waals surface area contributed by atoms with E-state index < -0.39 is 0 Å².